The third-order valence-electron chi connectivity index (χ3n) is 5.30. The Kier molecular flexibility index (Phi) is 7.74. The molecule has 1 atom stereocenters. The van der Waals surface area contributed by atoms with Crippen LogP contribution in [0.1, 0.15) is 23.6 Å². The molecule has 8 nitrogen and oxygen atoms in total. The van der Waals surface area contributed by atoms with Gasteiger partial charge in [0.25, 0.3) is 11.7 Å². The summed E-state index contributed by atoms with van der Waals surface area (Å²) in [4.78, 5) is 27.3. The minimum Gasteiger partial charge on any atom is -0.507 e. The molecule has 1 aliphatic heterocycles. The van der Waals surface area contributed by atoms with E-state index in [2.05, 4.69) is 6.58 Å². The lowest BCUT2D eigenvalue weighted by Gasteiger charge is -2.25. The molecule has 0 bridgehead atoms. The molecule has 0 aliphatic carbocycles. The van der Waals surface area contributed by atoms with Gasteiger partial charge >= 0.3 is 0 Å². The molecule has 8 heteroatoms. The highest BCUT2D eigenvalue weighted by Crippen LogP contribution is 2.41. The Hall–Kier alpha value is -3.78. The highest BCUT2D eigenvalue weighted by atomic mass is 16.5. The minimum atomic E-state index is -0.854. The van der Waals surface area contributed by atoms with Crippen LogP contribution in [-0.2, 0) is 14.3 Å². The quantitative estimate of drug-likeness (QED) is 0.187. The number of Topliss-reactive ketones (excluding diaryl/α,β-unsaturated/α-hetero) is 1. The van der Waals surface area contributed by atoms with Crippen LogP contribution in [0.15, 0.2) is 60.7 Å². The molecule has 2 aromatic rings. The van der Waals surface area contributed by atoms with E-state index in [1.165, 1.54) is 18.1 Å². The van der Waals surface area contributed by atoms with Crippen molar-refractivity contribution in [1.29, 1.82) is 0 Å². The number of amides is 1. The van der Waals surface area contributed by atoms with E-state index in [9.17, 15) is 19.8 Å². The van der Waals surface area contributed by atoms with Gasteiger partial charge in [-0.25, -0.2) is 0 Å². The van der Waals surface area contributed by atoms with E-state index >= 15 is 0 Å². The van der Waals surface area contributed by atoms with Gasteiger partial charge in [-0.3, -0.25) is 9.59 Å². The van der Waals surface area contributed by atoms with Gasteiger partial charge in [-0.15, -0.1) is 0 Å². The maximum absolute atomic E-state index is 13.0. The highest BCUT2D eigenvalue weighted by Gasteiger charge is 2.46. The van der Waals surface area contributed by atoms with Gasteiger partial charge in [-0.1, -0.05) is 18.7 Å². The number of phenols is 1. The first-order chi connectivity index (χ1) is 15.9. The molecule has 2 aromatic carbocycles. The monoisotopic (exact) mass is 453 g/mol. The van der Waals surface area contributed by atoms with Crippen LogP contribution < -0.4 is 9.47 Å². The highest BCUT2D eigenvalue weighted by molar-refractivity contribution is 6.46. The van der Waals surface area contributed by atoms with Crippen molar-refractivity contribution in [2.45, 2.75) is 12.5 Å². The summed E-state index contributed by atoms with van der Waals surface area (Å²) in [7, 11) is 2.96. The third kappa shape index (κ3) is 5.01. The molecule has 1 heterocycles. The van der Waals surface area contributed by atoms with Crippen LogP contribution in [0.25, 0.3) is 5.76 Å². The summed E-state index contributed by atoms with van der Waals surface area (Å²) in [6, 6.07) is 10.3. The maximum atomic E-state index is 13.0. The zero-order chi connectivity index (χ0) is 24.0. The predicted molar refractivity (Wildman–Crippen MR) is 122 cm³/mol. The van der Waals surface area contributed by atoms with Gasteiger partial charge in [0, 0.05) is 25.8 Å². The van der Waals surface area contributed by atoms with E-state index in [0.717, 1.165) is 0 Å². The number of rotatable bonds is 10. The van der Waals surface area contributed by atoms with Crippen LogP contribution in [0.2, 0.25) is 0 Å². The second kappa shape index (κ2) is 10.7. The van der Waals surface area contributed by atoms with Gasteiger partial charge in [0.2, 0.25) is 0 Å². The second-order valence-corrected chi connectivity index (χ2v) is 7.39. The van der Waals surface area contributed by atoms with E-state index in [1.807, 2.05) is 0 Å². The number of ketones is 1. The third-order valence-corrected chi connectivity index (χ3v) is 5.30. The first-order valence-corrected chi connectivity index (χ1v) is 10.4. The second-order valence-electron chi connectivity index (χ2n) is 7.39. The lowest BCUT2D eigenvalue weighted by molar-refractivity contribution is -0.140. The first kappa shape index (κ1) is 23.9. The van der Waals surface area contributed by atoms with Crippen molar-refractivity contribution < 1.29 is 34.0 Å². The molecule has 3 rings (SSSR count). The summed E-state index contributed by atoms with van der Waals surface area (Å²) in [5.74, 6) is -1.10. The number of aliphatic hydroxyl groups is 1. The van der Waals surface area contributed by atoms with E-state index in [0.29, 0.717) is 36.5 Å². The number of benzene rings is 2. The van der Waals surface area contributed by atoms with E-state index < -0.39 is 17.7 Å². The van der Waals surface area contributed by atoms with Crippen molar-refractivity contribution in [3.63, 3.8) is 0 Å². The van der Waals surface area contributed by atoms with Gasteiger partial charge in [-0.05, 0) is 48.4 Å². The number of phenolic OH excluding ortho intramolecular Hbond substituents is 1. The topological polar surface area (TPSA) is 106 Å². The molecule has 1 unspecified atom stereocenters. The van der Waals surface area contributed by atoms with Gasteiger partial charge in [0.05, 0.1) is 18.7 Å². The molecule has 0 radical (unpaired) electrons. The molecule has 2 N–H and O–H groups in total. The number of nitrogens with zero attached hydrogens (tertiary/aromatic N) is 1. The van der Waals surface area contributed by atoms with Crippen LogP contribution in [0.5, 0.6) is 17.2 Å². The number of ether oxygens (including phenoxy) is 3. The summed E-state index contributed by atoms with van der Waals surface area (Å²) in [5, 5.41) is 21.1. The lowest BCUT2D eigenvalue weighted by atomic mass is 9.95. The number of aliphatic hydroxyl groups excluding tert-OH is 1. The Balaban J connectivity index is 2.08. The molecule has 1 saturated heterocycles. The largest absolute Gasteiger partial charge is 0.507 e. The fourth-order valence-corrected chi connectivity index (χ4v) is 3.72. The standard InChI is InChI=1S/C25H27NO7/c1-4-13-33-18-9-6-16(7-10-18)23(28)21-22(17-8-11-19(27)20(15-17)32-3)26(12-5-14-31-2)25(30)24(21)29/h4,6-11,15,22,27-28H,1,5,12-14H2,2-3H3. The minimum absolute atomic E-state index is 0.0371. The number of carbonyl (C=O) groups excluding carboxylic acids is 2. The van der Waals surface area contributed by atoms with Crippen LogP contribution in [0, 0.1) is 0 Å². The van der Waals surface area contributed by atoms with E-state index in [1.54, 1.807) is 49.6 Å². The van der Waals surface area contributed by atoms with Crippen molar-refractivity contribution in [2.75, 3.05) is 34.0 Å². The number of carbonyl (C=O) groups is 2. The average Bonchev–Trinajstić information content (AvgIpc) is 3.08. The molecule has 1 aliphatic rings. The molecule has 1 fully saturated rings. The fraction of sp³-hybridized carbons (Fsp3) is 0.280. The lowest BCUT2D eigenvalue weighted by Crippen LogP contribution is -2.31. The van der Waals surface area contributed by atoms with Crippen LogP contribution >= 0.6 is 0 Å². The molecule has 174 valence electrons. The van der Waals surface area contributed by atoms with Crippen molar-refractivity contribution >= 4 is 17.4 Å². The Bertz CT molecular complexity index is 1060. The molecule has 0 spiro atoms. The van der Waals surface area contributed by atoms with Crippen LogP contribution in [-0.4, -0.2) is 60.8 Å². The Morgan fingerprint density at radius 3 is 2.52 bits per heavy atom. The Morgan fingerprint density at radius 1 is 1.15 bits per heavy atom. The zero-order valence-corrected chi connectivity index (χ0v) is 18.6. The molecular weight excluding hydrogens is 426 g/mol. The fourth-order valence-electron chi connectivity index (χ4n) is 3.72. The Morgan fingerprint density at radius 2 is 1.88 bits per heavy atom. The smallest absolute Gasteiger partial charge is 0.295 e. The van der Waals surface area contributed by atoms with Crippen molar-refractivity contribution in [1.82, 2.24) is 4.90 Å². The van der Waals surface area contributed by atoms with E-state index in [4.69, 9.17) is 14.2 Å². The summed E-state index contributed by atoms with van der Waals surface area (Å²) in [6.07, 6.45) is 2.12. The molecule has 1 amide bonds. The van der Waals surface area contributed by atoms with Gasteiger partial charge in [-0.2, -0.15) is 0 Å². The SMILES string of the molecule is C=CCOc1ccc(C(O)=C2C(=O)C(=O)N(CCCOC)C2c2ccc(O)c(OC)c2)cc1. The normalized spacial score (nSPS) is 17.3. The molecule has 0 saturated carbocycles. The molecule has 33 heavy (non-hydrogen) atoms. The molecular formula is C25H27NO7. The number of hydrogen-bond donors (Lipinski definition) is 2. The van der Waals surface area contributed by atoms with E-state index in [-0.39, 0.29) is 29.4 Å². The van der Waals surface area contributed by atoms with Crippen molar-refractivity contribution in [3.8, 4) is 17.2 Å². The summed E-state index contributed by atoms with van der Waals surface area (Å²) in [6.45, 7) is 4.58. The number of likely N-dealkylation sites (tertiary alicyclic amines) is 1. The Labute approximate surface area is 192 Å². The van der Waals surface area contributed by atoms with Gasteiger partial charge in [0.1, 0.15) is 18.1 Å². The number of hydrogen-bond acceptors (Lipinski definition) is 7. The summed E-state index contributed by atoms with van der Waals surface area (Å²) >= 11 is 0. The molecule has 0 aromatic heterocycles. The van der Waals surface area contributed by atoms with Crippen LogP contribution in [0.3, 0.4) is 0 Å². The van der Waals surface area contributed by atoms with Crippen molar-refractivity contribution in [3.05, 3.63) is 71.8 Å². The summed E-state index contributed by atoms with van der Waals surface area (Å²) in [5.41, 5.74) is 0.852. The van der Waals surface area contributed by atoms with Crippen molar-refractivity contribution in [2.24, 2.45) is 0 Å². The van der Waals surface area contributed by atoms with Gasteiger partial charge < -0.3 is 29.3 Å². The summed E-state index contributed by atoms with van der Waals surface area (Å²) < 4.78 is 15.7. The zero-order valence-electron chi connectivity index (χ0n) is 18.6. The maximum Gasteiger partial charge on any atom is 0.295 e. The van der Waals surface area contributed by atoms with Gasteiger partial charge in [0.15, 0.2) is 11.5 Å². The van der Waals surface area contributed by atoms with Crippen LogP contribution in [0.4, 0.5) is 0 Å². The number of methoxy groups -OCH3 is 2. The first-order valence-electron chi connectivity index (χ1n) is 10.4. The predicted octanol–water partition coefficient (Wildman–Crippen LogP) is 3.42. The number of aromatic hydroxyl groups is 1. The average molecular weight is 453 g/mol.